The summed E-state index contributed by atoms with van der Waals surface area (Å²) in [4.78, 5) is 24.6. The van der Waals surface area contributed by atoms with Crippen molar-refractivity contribution in [3.8, 4) is 0 Å². The number of rotatable bonds is 10. The van der Waals surface area contributed by atoms with Gasteiger partial charge < -0.3 is 24.1 Å². The molecule has 1 aromatic carbocycles. The number of benzene rings is 1. The van der Waals surface area contributed by atoms with Crippen LogP contribution in [0, 0.1) is 0 Å². The third-order valence-corrected chi connectivity index (χ3v) is 4.84. The van der Waals surface area contributed by atoms with Gasteiger partial charge in [0.05, 0.1) is 31.9 Å². The van der Waals surface area contributed by atoms with Crippen molar-refractivity contribution in [3.63, 3.8) is 0 Å². The zero-order valence-corrected chi connectivity index (χ0v) is 17.5. The van der Waals surface area contributed by atoms with Gasteiger partial charge in [0.25, 0.3) is 0 Å². The molecule has 1 N–H and O–H groups in total. The van der Waals surface area contributed by atoms with Crippen molar-refractivity contribution < 1.29 is 33.6 Å². The number of esters is 1. The smallest absolute Gasteiger partial charge is 0.373 e. The van der Waals surface area contributed by atoms with E-state index >= 15 is 0 Å². The number of para-hydroxylation sites is 1. The molecular formula is C23H27NO7. The van der Waals surface area contributed by atoms with E-state index in [4.69, 9.17) is 24.1 Å². The van der Waals surface area contributed by atoms with Crippen molar-refractivity contribution in [1.82, 2.24) is 4.57 Å². The quantitative estimate of drug-likeness (QED) is 0.352. The number of aromatic nitrogens is 1. The van der Waals surface area contributed by atoms with Gasteiger partial charge in [-0.25, -0.2) is 4.79 Å². The van der Waals surface area contributed by atoms with Crippen LogP contribution in [-0.2, 0) is 23.7 Å². The van der Waals surface area contributed by atoms with Crippen LogP contribution in [0.1, 0.15) is 29.6 Å². The first-order valence-corrected chi connectivity index (χ1v) is 10.1. The molecule has 0 radical (unpaired) electrons. The Hall–Kier alpha value is -2.94. The zero-order valence-electron chi connectivity index (χ0n) is 17.5. The molecule has 0 fully saturated rings. The molecule has 2 aromatic rings. The van der Waals surface area contributed by atoms with Crippen molar-refractivity contribution >= 4 is 22.8 Å². The summed E-state index contributed by atoms with van der Waals surface area (Å²) in [5, 5.41) is 9.71. The Kier molecular flexibility index (Phi) is 8.00. The number of ether oxygens (including phenoxy) is 4. The molecular weight excluding hydrogens is 402 g/mol. The van der Waals surface area contributed by atoms with Gasteiger partial charge in [0, 0.05) is 30.8 Å². The van der Waals surface area contributed by atoms with Gasteiger partial charge in [-0.3, -0.25) is 9.36 Å². The van der Waals surface area contributed by atoms with Gasteiger partial charge in [-0.05, 0) is 17.7 Å². The summed E-state index contributed by atoms with van der Waals surface area (Å²) in [5.41, 5.74) is 1.70. The number of aliphatic hydroxyl groups is 1. The highest BCUT2D eigenvalue weighted by Crippen LogP contribution is 2.36. The average Bonchev–Trinajstić information content (AvgIpc) is 3.17. The third kappa shape index (κ3) is 5.61. The van der Waals surface area contributed by atoms with E-state index in [9.17, 15) is 9.59 Å². The minimum Gasteiger partial charge on any atom is -0.458 e. The van der Waals surface area contributed by atoms with E-state index < -0.39 is 12.3 Å². The Morgan fingerprint density at radius 2 is 2.10 bits per heavy atom. The zero-order chi connectivity index (χ0) is 22.2. The number of fused-ring (bicyclic) bond motifs is 1. The Morgan fingerprint density at radius 1 is 1.29 bits per heavy atom. The number of carbonyl (C=O) groups is 2. The molecule has 2 unspecified atom stereocenters. The van der Waals surface area contributed by atoms with Crippen LogP contribution in [0.15, 0.2) is 55.0 Å². The summed E-state index contributed by atoms with van der Waals surface area (Å²) >= 11 is 0. The molecule has 1 aliphatic heterocycles. The van der Waals surface area contributed by atoms with Crippen LogP contribution in [0.2, 0.25) is 0 Å². The normalized spacial score (nSPS) is 18.3. The summed E-state index contributed by atoms with van der Waals surface area (Å²) in [6, 6.07) is 7.61. The first kappa shape index (κ1) is 22.7. The van der Waals surface area contributed by atoms with E-state index in [-0.39, 0.29) is 50.6 Å². The molecule has 0 saturated carbocycles. The predicted octanol–water partition coefficient (Wildman–Crippen LogP) is 2.77. The van der Waals surface area contributed by atoms with Gasteiger partial charge in [-0.2, -0.15) is 0 Å². The summed E-state index contributed by atoms with van der Waals surface area (Å²) in [6.45, 7) is 5.80. The molecule has 2 heterocycles. The van der Waals surface area contributed by atoms with Crippen LogP contribution in [-0.4, -0.2) is 60.9 Å². The lowest BCUT2D eigenvalue weighted by atomic mass is 9.92. The predicted molar refractivity (Wildman–Crippen MR) is 114 cm³/mol. The van der Waals surface area contributed by atoms with Crippen LogP contribution in [0.3, 0.4) is 0 Å². The molecule has 0 amide bonds. The molecule has 2 atom stereocenters. The van der Waals surface area contributed by atoms with Crippen molar-refractivity contribution in [2.75, 3.05) is 33.0 Å². The highest BCUT2D eigenvalue weighted by molar-refractivity contribution is 5.94. The van der Waals surface area contributed by atoms with Crippen LogP contribution < -0.4 is 0 Å². The number of hydrogen-bond donors (Lipinski definition) is 1. The number of aliphatic hydroxyl groups excluding tert-OH is 1. The van der Waals surface area contributed by atoms with Gasteiger partial charge in [0.2, 0.25) is 18.0 Å². The fourth-order valence-corrected chi connectivity index (χ4v) is 3.49. The summed E-state index contributed by atoms with van der Waals surface area (Å²) in [6.07, 6.45) is 4.74. The fraction of sp³-hybridized carbons (Fsp3) is 0.391. The summed E-state index contributed by atoms with van der Waals surface area (Å²) < 4.78 is 23.4. The number of nitrogens with zero attached hydrogens (tertiary/aromatic N) is 1. The van der Waals surface area contributed by atoms with Crippen molar-refractivity contribution in [2.24, 2.45) is 0 Å². The SMILES string of the molecule is C=CCOC(=O)C1=CC(c2cn(C(C)=O)c3ccccc23)CC(OCCOCCO)O1. The van der Waals surface area contributed by atoms with Gasteiger partial charge in [0.15, 0.2) is 0 Å². The highest BCUT2D eigenvalue weighted by Gasteiger charge is 2.31. The van der Waals surface area contributed by atoms with E-state index in [2.05, 4.69) is 6.58 Å². The van der Waals surface area contributed by atoms with E-state index in [1.54, 1.807) is 16.8 Å². The van der Waals surface area contributed by atoms with Crippen molar-refractivity contribution in [1.29, 1.82) is 0 Å². The standard InChI is InChI=1S/C23H27NO7/c1-3-9-30-23(27)21-13-17(14-22(31-21)29-12-11-28-10-8-25)19-15-24(16(2)26)20-7-5-4-6-18(19)20/h3-7,13,15,17,22,25H,1,8-12,14H2,2H3. The van der Waals surface area contributed by atoms with Crippen molar-refractivity contribution in [3.05, 3.63) is 60.5 Å². The van der Waals surface area contributed by atoms with Crippen LogP contribution in [0.5, 0.6) is 0 Å². The number of hydrogen-bond acceptors (Lipinski definition) is 7. The maximum atomic E-state index is 12.4. The molecule has 1 aliphatic rings. The van der Waals surface area contributed by atoms with Crippen LogP contribution in [0.4, 0.5) is 0 Å². The Morgan fingerprint density at radius 3 is 2.84 bits per heavy atom. The molecule has 0 spiro atoms. The second kappa shape index (κ2) is 10.9. The van der Waals surface area contributed by atoms with Gasteiger partial charge >= 0.3 is 5.97 Å². The average molecular weight is 429 g/mol. The molecule has 1 aromatic heterocycles. The van der Waals surface area contributed by atoms with E-state index in [1.807, 2.05) is 24.3 Å². The van der Waals surface area contributed by atoms with Gasteiger partial charge in [0.1, 0.15) is 6.61 Å². The topological polar surface area (TPSA) is 96.2 Å². The van der Waals surface area contributed by atoms with Crippen LogP contribution >= 0.6 is 0 Å². The highest BCUT2D eigenvalue weighted by atomic mass is 16.7. The van der Waals surface area contributed by atoms with Gasteiger partial charge in [-0.15, -0.1) is 0 Å². The molecule has 0 bridgehead atoms. The second-order valence-electron chi connectivity index (χ2n) is 7.01. The summed E-state index contributed by atoms with van der Waals surface area (Å²) in [5.74, 6) is -0.879. The largest absolute Gasteiger partial charge is 0.458 e. The van der Waals surface area contributed by atoms with E-state index in [0.29, 0.717) is 6.42 Å². The molecule has 8 nitrogen and oxygen atoms in total. The molecule has 3 rings (SSSR count). The molecule has 0 saturated heterocycles. The molecule has 8 heteroatoms. The second-order valence-corrected chi connectivity index (χ2v) is 7.01. The lowest BCUT2D eigenvalue weighted by molar-refractivity contribution is -0.163. The van der Waals surface area contributed by atoms with E-state index in [0.717, 1.165) is 16.5 Å². The van der Waals surface area contributed by atoms with Crippen LogP contribution in [0.25, 0.3) is 10.9 Å². The first-order chi connectivity index (χ1) is 15.0. The Balaban J connectivity index is 1.88. The third-order valence-electron chi connectivity index (χ3n) is 4.84. The first-order valence-electron chi connectivity index (χ1n) is 10.1. The maximum Gasteiger partial charge on any atom is 0.373 e. The van der Waals surface area contributed by atoms with Gasteiger partial charge in [-0.1, -0.05) is 30.9 Å². The molecule has 166 valence electrons. The number of carbonyl (C=O) groups excluding carboxylic acids is 2. The lowest BCUT2D eigenvalue weighted by Crippen LogP contribution is -2.29. The van der Waals surface area contributed by atoms with Crippen molar-refractivity contribution in [2.45, 2.75) is 25.6 Å². The Bertz CT molecular complexity index is 962. The van der Waals surface area contributed by atoms with E-state index in [1.165, 1.54) is 13.0 Å². The molecule has 31 heavy (non-hydrogen) atoms. The maximum absolute atomic E-state index is 12.4. The minimum absolute atomic E-state index is 0.0547. The lowest BCUT2D eigenvalue weighted by Gasteiger charge is -2.28. The fourth-order valence-electron chi connectivity index (χ4n) is 3.49. The molecule has 0 aliphatic carbocycles. The minimum atomic E-state index is -0.696. The monoisotopic (exact) mass is 429 g/mol. The Labute approximate surface area is 180 Å². The number of allylic oxidation sites excluding steroid dienone is 1. The summed E-state index contributed by atoms with van der Waals surface area (Å²) in [7, 11) is 0.